The highest BCUT2D eigenvalue weighted by atomic mass is 16.6. The lowest BCUT2D eigenvalue weighted by molar-refractivity contribution is -0.150. The molecule has 1 aromatic rings. The molecule has 0 aliphatic carbocycles. The summed E-state index contributed by atoms with van der Waals surface area (Å²) < 4.78 is 5.26. The molecule has 0 aromatic heterocycles. The van der Waals surface area contributed by atoms with E-state index in [4.69, 9.17) is 10.5 Å². The largest absolute Gasteiger partial charge is 0.508 e. The predicted molar refractivity (Wildman–Crippen MR) is 132 cm³/mol. The fourth-order valence-corrected chi connectivity index (χ4v) is 3.44. The Morgan fingerprint density at radius 1 is 1.06 bits per heavy atom. The third kappa shape index (κ3) is 8.77. The van der Waals surface area contributed by atoms with Crippen LogP contribution in [0.15, 0.2) is 24.3 Å². The Balaban J connectivity index is 3.66. The zero-order valence-corrected chi connectivity index (χ0v) is 22.0. The number of carbonyl (C=O) groups excluding carboxylic acids is 4. The van der Waals surface area contributed by atoms with Gasteiger partial charge in [-0.3, -0.25) is 14.4 Å². The summed E-state index contributed by atoms with van der Waals surface area (Å²) >= 11 is 0. The SMILES string of the molecule is CCC(C)(C)N(C(=O)C(CC(N)=O)NC(=O)OC(C)(C)C)C(C(=O)NC(C)C)c1ccccc1O. The van der Waals surface area contributed by atoms with Crippen LogP contribution in [0.25, 0.3) is 0 Å². The molecule has 10 nitrogen and oxygen atoms in total. The van der Waals surface area contributed by atoms with Crippen LogP contribution in [0.4, 0.5) is 4.79 Å². The first-order valence-corrected chi connectivity index (χ1v) is 11.7. The molecular weight excluding hydrogens is 452 g/mol. The second-order valence-electron chi connectivity index (χ2n) is 10.4. The van der Waals surface area contributed by atoms with Crippen molar-refractivity contribution >= 4 is 23.8 Å². The molecule has 5 N–H and O–H groups in total. The molecule has 2 unspecified atom stereocenters. The van der Waals surface area contributed by atoms with Crippen molar-refractivity contribution in [2.75, 3.05) is 0 Å². The predicted octanol–water partition coefficient (Wildman–Crippen LogP) is 2.74. The van der Waals surface area contributed by atoms with E-state index in [1.54, 1.807) is 66.7 Å². The van der Waals surface area contributed by atoms with E-state index < -0.39 is 53.5 Å². The number of primary amides is 1. The van der Waals surface area contributed by atoms with E-state index in [1.165, 1.54) is 11.0 Å². The maximum Gasteiger partial charge on any atom is 0.408 e. The van der Waals surface area contributed by atoms with E-state index in [-0.39, 0.29) is 17.4 Å². The van der Waals surface area contributed by atoms with Crippen molar-refractivity contribution in [3.8, 4) is 5.75 Å². The fraction of sp³-hybridized carbons (Fsp3) is 0.600. The van der Waals surface area contributed by atoms with Crippen LogP contribution < -0.4 is 16.4 Å². The van der Waals surface area contributed by atoms with Gasteiger partial charge in [-0.25, -0.2) is 4.79 Å². The van der Waals surface area contributed by atoms with Crippen LogP contribution in [-0.2, 0) is 19.1 Å². The summed E-state index contributed by atoms with van der Waals surface area (Å²) in [4.78, 5) is 53.1. The van der Waals surface area contributed by atoms with E-state index >= 15 is 0 Å². The molecule has 4 amide bonds. The minimum absolute atomic E-state index is 0.173. The third-order valence-corrected chi connectivity index (χ3v) is 5.32. The van der Waals surface area contributed by atoms with Crippen LogP contribution in [0, 0.1) is 0 Å². The number of benzene rings is 1. The maximum absolute atomic E-state index is 14.0. The zero-order chi connectivity index (χ0) is 27.1. The Kier molecular flexibility index (Phi) is 10.1. The molecule has 1 rings (SSSR count). The van der Waals surface area contributed by atoms with E-state index in [2.05, 4.69) is 10.6 Å². The quantitative estimate of drug-likeness (QED) is 0.394. The molecule has 10 heteroatoms. The van der Waals surface area contributed by atoms with Gasteiger partial charge in [-0.1, -0.05) is 25.1 Å². The second kappa shape index (κ2) is 11.9. The number of hydrogen-bond acceptors (Lipinski definition) is 6. The Labute approximate surface area is 207 Å². The molecule has 0 spiro atoms. The average molecular weight is 493 g/mol. The van der Waals surface area contributed by atoms with Gasteiger partial charge in [0.25, 0.3) is 0 Å². The Hall–Kier alpha value is -3.30. The number of aromatic hydroxyl groups is 1. The van der Waals surface area contributed by atoms with Gasteiger partial charge in [0, 0.05) is 17.1 Å². The van der Waals surface area contributed by atoms with Gasteiger partial charge in [0.15, 0.2) is 0 Å². The number of carbonyl (C=O) groups is 4. The van der Waals surface area contributed by atoms with Crippen LogP contribution >= 0.6 is 0 Å². The van der Waals surface area contributed by atoms with Crippen molar-refractivity contribution in [3.05, 3.63) is 29.8 Å². The van der Waals surface area contributed by atoms with Crippen LogP contribution in [-0.4, -0.2) is 57.0 Å². The van der Waals surface area contributed by atoms with Gasteiger partial charge in [-0.2, -0.15) is 0 Å². The topological polar surface area (TPSA) is 151 Å². The van der Waals surface area contributed by atoms with Crippen molar-refractivity contribution in [1.29, 1.82) is 0 Å². The minimum atomic E-state index is -1.40. The summed E-state index contributed by atoms with van der Waals surface area (Å²) in [5, 5.41) is 15.8. The number of rotatable bonds is 10. The Morgan fingerprint density at radius 3 is 2.09 bits per heavy atom. The average Bonchev–Trinajstić information content (AvgIpc) is 2.69. The van der Waals surface area contributed by atoms with Crippen molar-refractivity contribution < 1.29 is 29.0 Å². The monoisotopic (exact) mass is 492 g/mol. The maximum atomic E-state index is 14.0. The van der Waals surface area contributed by atoms with E-state index in [0.29, 0.717) is 6.42 Å². The van der Waals surface area contributed by atoms with E-state index in [0.717, 1.165) is 0 Å². The second-order valence-corrected chi connectivity index (χ2v) is 10.4. The lowest BCUT2D eigenvalue weighted by atomic mass is 9.91. The van der Waals surface area contributed by atoms with Crippen LogP contribution in [0.2, 0.25) is 0 Å². The van der Waals surface area contributed by atoms with Crippen LogP contribution in [0.3, 0.4) is 0 Å². The fourth-order valence-electron chi connectivity index (χ4n) is 3.44. The molecule has 0 fully saturated rings. The number of amides is 4. The number of hydrogen-bond donors (Lipinski definition) is 4. The smallest absolute Gasteiger partial charge is 0.408 e. The number of phenolic OH excluding ortho intramolecular Hbond substituents is 1. The first kappa shape index (κ1) is 29.7. The number of ether oxygens (including phenoxy) is 1. The number of para-hydroxylation sites is 1. The molecule has 0 saturated heterocycles. The Bertz CT molecular complexity index is 923. The molecule has 0 heterocycles. The summed E-state index contributed by atoms with van der Waals surface area (Å²) in [7, 11) is 0. The highest BCUT2D eigenvalue weighted by Gasteiger charge is 2.44. The Morgan fingerprint density at radius 2 is 1.63 bits per heavy atom. The van der Waals surface area contributed by atoms with Crippen molar-refractivity contribution in [2.24, 2.45) is 5.73 Å². The standard InChI is InChI=1S/C25H40N4O6/c1-9-25(7,8)29(20(21(32)27-15(2)3)16-12-10-11-13-18(16)30)22(33)17(14-19(26)31)28-23(34)35-24(4,5)6/h10-13,15,17,20,30H,9,14H2,1-8H3,(H2,26,31)(H,27,32)(H,28,34). The van der Waals surface area contributed by atoms with Crippen molar-refractivity contribution in [1.82, 2.24) is 15.5 Å². The lowest BCUT2D eigenvalue weighted by Crippen LogP contribution is -2.60. The van der Waals surface area contributed by atoms with Crippen molar-refractivity contribution in [2.45, 2.75) is 97.5 Å². The summed E-state index contributed by atoms with van der Waals surface area (Å²) in [5.41, 5.74) is 3.82. The van der Waals surface area contributed by atoms with E-state index in [9.17, 15) is 24.3 Å². The van der Waals surface area contributed by atoms with Gasteiger partial charge in [-0.15, -0.1) is 0 Å². The highest BCUT2D eigenvalue weighted by molar-refractivity contribution is 5.95. The first-order valence-electron chi connectivity index (χ1n) is 11.7. The van der Waals surface area contributed by atoms with Crippen LogP contribution in [0.5, 0.6) is 5.75 Å². The number of alkyl carbamates (subject to hydrolysis) is 1. The van der Waals surface area contributed by atoms with Gasteiger partial charge in [0.05, 0.1) is 6.42 Å². The highest BCUT2D eigenvalue weighted by Crippen LogP contribution is 2.36. The third-order valence-electron chi connectivity index (χ3n) is 5.32. The molecule has 35 heavy (non-hydrogen) atoms. The normalized spacial score (nSPS) is 13.5. The summed E-state index contributed by atoms with van der Waals surface area (Å²) in [6, 6.07) is 3.33. The number of nitrogens with one attached hydrogen (secondary N) is 2. The minimum Gasteiger partial charge on any atom is -0.508 e. The zero-order valence-electron chi connectivity index (χ0n) is 22.0. The summed E-state index contributed by atoms with van der Waals surface area (Å²) in [5.74, 6) is -2.23. The summed E-state index contributed by atoms with van der Waals surface area (Å²) in [6.07, 6.45) is -0.988. The lowest BCUT2D eigenvalue weighted by Gasteiger charge is -2.44. The van der Waals surface area contributed by atoms with Crippen LogP contribution in [0.1, 0.15) is 79.8 Å². The van der Waals surface area contributed by atoms with Gasteiger partial charge < -0.3 is 31.1 Å². The first-order chi connectivity index (χ1) is 16.0. The van der Waals surface area contributed by atoms with Gasteiger partial charge >= 0.3 is 6.09 Å². The number of nitrogens with zero attached hydrogens (tertiary/aromatic N) is 1. The molecule has 0 aliphatic rings. The molecule has 0 aliphatic heterocycles. The molecule has 196 valence electrons. The summed E-state index contributed by atoms with van der Waals surface area (Å²) in [6.45, 7) is 13.9. The van der Waals surface area contributed by atoms with Gasteiger partial charge in [0.1, 0.15) is 23.4 Å². The number of phenols is 1. The molecule has 0 radical (unpaired) electrons. The van der Waals surface area contributed by atoms with Gasteiger partial charge in [-0.05, 0) is 61.0 Å². The molecule has 0 bridgehead atoms. The number of nitrogens with two attached hydrogens (primary N) is 1. The molecular formula is C25H40N4O6. The van der Waals surface area contributed by atoms with Gasteiger partial charge in [0.2, 0.25) is 17.7 Å². The van der Waals surface area contributed by atoms with Crippen molar-refractivity contribution in [3.63, 3.8) is 0 Å². The van der Waals surface area contributed by atoms with E-state index in [1.807, 2.05) is 6.92 Å². The molecule has 2 atom stereocenters. The molecule has 1 aromatic carbocycles. The molecule has 0 saturated carbocycles.